The summed E-state index contributed by atoms with van der Waals surface area (Å²) in [7, 11) is 0. The Bertz CT molecular complexity index is 528. The highest BCUT2D eigenvalue weighted by Gasteiger charge is 1.98. The van der Waals surface area contributed by atoms with Crippen molar-refractivity contribution in [2.75, 3.05) is 19.8 Å². The van der Waals surface area contributed by atoms with E-state index >= 15 is 0 Å². The second-order valence-corrected chi connectivity index (χ2v) is 5.28. The SMILES string of the molecule is NCCCc1cccc(OCCCOCc2ccccc2)c1. The third-order valence-corrected chi connectivity index (χ3v) is 3.38. The van der Waals surface area contributed by atoms with Crippen LogP contribution in [-0.4, -0.2) is 19.8 Å². The van der Waals surface area contributed by atoms with E-state index in [0.717, 1.165) is 31.6 Å². The van der Waals surface area contributed by atoms with Gasteiger partial charge in [0.05, 0.1) is 19.8 Å². The maximum absolute atomic E-state index is 5.77. The van der Waals surface area contributed by atoms with Crippen LogP contribution in [0.4, 0.5) is 0 Å². The summed E-state index contributed by atoms with van der Waals surface area (Å²) in [5, 5.41) is 0. The molecule has 3 heteroatoms. The summed E-state index contributed by atoms with van der Waals surface area (Å²) in [6.07, 6.45) is 2.91. The van der Waals surface area contributed by atoms with Crippen LogP contribution in [-0.2, 0) is 17.8 Å². The number of hydrogen-bond donors (Lipinski definition) is 1. The zero-order valence-corrected chi connectivity index (χ0v) is 13.0. The molecule has 0 fully saturated rings. The first-order valence-electron chi connectivity index (χ1n) is 7.92. The maximum Gasteiger partial charge on any atom is 0.119 e. The summed E-state index contributed by atoms with van der Waals surface area (Å²) in [5.74, 6) is 0.928. The summed E-state index contributed by atoms with van der Waals surface area (Å²) >= 11 is 0. The molecule has 0 unspecified atom stereocenters. The molecule has 0 atom stereocenters. The molecular formula is C19H25NO2. The fourth-order valence-electron chi connectivity index (χ4n) is 2.21. The number of ether oxygens (including phenoxy) is 2. The molecule has 0 saturated heterocycles. The molecule has 0 aromatic heterocycles. The lowest BCUT2D eigenvalue weighted by molar-refractivity contribution is 0.107. The Labute approximate surface area is 133 Å². The van der Waals surface area contributed by atoms with E-state index in [1.165, 1.54) is 11.1 Å². The zero-order valence-electron chi connectivity index (χ0n) is 13.0. The lowest BCUT2D eigenvalue weighted by atomic mass is 10.1. The second kappa shape index (κ2) is 9.98. The summed E-state index contributed by atoms with van der Waals surface area (Å²) in [4.78, 5) is 0. The molecule has 2 N–H and O–H groups in total. The summed E-state index contributed by atoms with van der Waals surface area (Å²) < 4.78 is 11.4. The molecule has 0 aliphatic heterocycles. The van der Waals surface area contributed by atoms with Crippen LogP contribution < -0.4 is 10.5 Å². The van der Waals surface area contributed by atoms with Gasteiger partial charge in [-0.2, -0.15) is 0 Å². The molecule has 0 radical (unpaired) electrons. The number of hydrogen-bond acceptors (Lipinski definition) is 3. The molecule has 0 heterocycles. The number of aryl methyl sites for hydroxylation is 1. The van der Waals surface area contributed by atoms with Crippen molar-refractivity contribution in [2.24, 2.45) is 5.73 Å². The molecule has 0 aliphatic carbocycles. The topological polar surface area (TPSA) is 44.5 Å². The standard InChI is InChI=1S/C19H25NO2/c20-12-5-10-17-9-4-11-19(15-17)22-14-6-13-21-16-18-7-2-1-3-8-18/h1-4,7-9,11,15H,5-6,10,12-14,16,20H2. The van der Waals surface area contributed by atoms with Crippen molar-refractivity contribution in [2.45, 2.75) is 25.9 Å². The van der Waals surface area contributed by atoms with Crippen molar-refractivity contribution >= 4 is 0 Å². The summed E-state index contributed by atoms with van der Waals surface area (Å²) in [5.41, 5.74) is 8.02. The second-order valence-electron chi connectivity index (χ2n) is 5.28. The molecule has 2 aromatic carbocycles. The highest BCUT2D eigenvalue weighted by atomic mass is 16.5. The van der Waals surface area contributed by atoms with Crippen molar-refractivity contribution in [1.29, 1.82) is 0 Å². The highest BCUT2D eigenvalue weighted by molar-refractivity contribution is 5.28. The van der Waals surface area contributed by atoms with Gasteiger partial charge >= 0.3 is 0 Å². The monoisotopic (exact) mass is 299 g/mol. The predicted octanol–water partition coefficient (Wildman–Crippen LogP) is 3.56. The van der Waals surface area contributed by atoms with Crippen molar-refractivity contribution < 1.29 is 9.47 Å². The van der Waals surface area contributed by atoms with E-state index in [1.54, 1.807) is 0 Å². The van der Waals surface area contributed by atoms with E-state index in [4.69, 9.17) is 15.2 Å². The minimum Gasteiger partial charge on any atom is -0.493 e. The van der Waals surface area contributed by atoms with E-state index < -0.39 is 0 Å². The van der Waals surface area contributed by atoms with Gasteiger partial charge < -0.3 is 15.2 Å². The molecule has 22 heavy (non-hydrogen) atoms. The molecule has 0 amide bonds. The average Bonchev–Trinajstić information content (AvgIpc) is 2.57. The fourth-order valence-corrected chi connectivity index (χ4v) is 2.21. The Morgan fingerprint density at radius 1 is 0.818 bits per heavy atom. The molecule has 118 valence electrons. The van der Waals surface area contributed by atoms with Crippen molar-refractivity contribution in [3.63, 3.8) is 0 Å². The first-order valence-corrected chi connectivity index (χ1v) is 7.92. The lowest BCUT2D eigenvalue weighted by Crippen LogP contribution is -2.04. The van der Waals surface area contributed by atoms with E-state index in [2.05, 4.69) is 24.3 Å². The molecule has 0 saturated carbocycles. The minimum atomic E-state index is 0.662. The third-order valence-electron chi connectivity index (χ3n) is 3.38. The fraction of sp³-hybridized carbons (Fsp3) is 0.368. The number of nitrogens with two attached hydrogens (primary N) is 1. The van der Waals surface area contributed by atoms with Gasteiger partial charge in [0.1, 0.15) is 5.75 Å². The van der Waals surface area contributed by atoms with Crippen LogP contribution in [0.2, 0.25) is 0 Å². The van der Waals surface area contributed by atoms with Crippen LogP contribution in [0.1, 0.15) is 24.0 Å². The Morgan fingerprint density at radius 3 is 2.45 bits per heavy atom. The quantitative estimate of drug-likeness (QED) is 0.682. The largest absolute Gasteiger partial charge is 0.493 e. The number of benzene rings is 2. The molecule has 2 rings (SSSR count). The van der Waals surface area contributed by atoms with Crippen LogP contribution >= 0.6 is 0 Å². The Kier molecular flexibility index (Phi) is 7.50. The van der Waals surface area contributed by atoms with Crippen LogP contribution in [0.5, 0.6) is 5.75 Å². The Morgan fingerprint density at radius 2 is 1.64 bits per heavy atom. The summed E-state index contributed by atoms with van der Waals surface area (Å²) in [6, 6.07) is 18.5. The molecule has 2 aromatic rings. The van der Waals surface area contributed by atoms with Crippen LogP contribution in [0.3, 0.4) is 0 Å². The molecule has 3 nitrogen and oxygen atoms in total. The van der Waals surface area contributed by atoms with E-state index in [-0.39, 0.29) is 0 Å². The lowest BCUT2D eigenvalue weighted by Gasteiger charge is -2.08. The van der Waals surface area contributed by atoms with E-state index in [0.29, 0.717) is 19.8 Å². The van der Waals surface area contributed by atoms with Gasteiger partial charge in [-0.3, -0.25) is 0 Å². The van der Waals surface area contributed by atoms with Crippen molar-refractivity contribution in [1.82, 2.24) is 0 Å². The van der Waals surface area contributed by atoms with Gasteiger partial charge in [0.2, 0.25) is 0 Å². The van der Waals surface area contributed by atoms with E-state index in [1.807, 2.05) is 30.3 Å². The van der Waals surface area contributed by atoms with Crippen molar-refractivity contribution in [3.8, 4) is 5.75 Å². The van der Waals surface area contributed by atoms with Crippen molar-refractivity contribution in [3.05, 3.63) is 65.7 Å². The molecular weight excluding hydrogens is 274 g/mol. The van der Waals surface area contributed by atoms with Gasteiger partial charge in [0.15, 0.2) is 0 Å². The first kappa shape index (κ1) is 16.5. The molecule has 0 aliphatic rings. The molecule has 0 bridgehead atoms. The minimum absolute atomic E-state index is 0.662. The van der Waals surface area contributed by atoms with Gasteiger partial charge in [-0.05, 0) is 42.6 Å². The zero-order chi connectivity index (χ0) is 15.5. The average molecular weight is 299 g/mol. The van der Waals surface area contributed by atoms with E-state index in [9.17, 15) is 0 Å². The van der Waals surface area contributed by atoms with Crippen LogP contribution in [0, 0.1) is 0 Å². The maximum atomic E-state index is 5.77. The van der Waals surface area contributed by atoms with Crippen LogP contribution in [0.25, 0.3) is 0 Å². The summed E-state index contributed by atoms with van der Waals surface area (Å²) in [6.45, 7) is 2.77. The van der Waals surface area contributed by atoms with Gasteiger partial charge in [-0.25, -0.2) is 0 Å². The van der Waals surface area contributed by atoms with Crippen LogP contribution in [0.15, 0.2) is 54.6 Å². The predicted molar refractivity (Wildman–Crippen MR) is 90.0 cm³/mol. The first-order chi connectivity index (χ1) is 10.9. The smallest absolute Gasteiger partial charge is 0.119 e. The van der Waals surface area contributed by atoms with Gasteiger partial charge in [0, 0.05) is 6.42 Å². The molecule has 0 spiro atoms. The van der Waals surface area contributed by atoms with Gasteiger partial charge in [-0.15, -0.1) is 0 Å². The third kappa shape index (κ3) is 6.29. The Hall–Kier alpha value is -1.84. The highest BCUT2D eigenvalue weighted by Crippen LogP contribution is 2.14. The number of rotatable bonds is 10. The van der Waals surface area contributed by atoms with Gasteiger partial charge in [0.25, 0.3) is 0 Å². The Balaban J connectivity index is 1.60. The normalized spacial score (nSPS) is 10.6. The van der Waals surface area contributed by atoms with Gasteiger partial charge in [-0.1, -0.05) is 42.5 Å².